The van der Waals surface area contributed by atoms with Crippen molar-refractivity contribution in [3.8, 4) is 0 Å². The van der Waals surface area contributed by atoms with Crippen LogP contribution in [-0.4, -0.2) is 150 Å². The van der Waals surface area contributed by atoms with E-state index in [1.165, 1.54) is 13.0 Å². The minimum Gasteiger partial charge on any atom is -0.394 e. The molecule has 1 aliphatic carbocycles. The Balaban J connectivity index is 1.71. The number of ether oxygens (including phenoxy) is 3. The summed E-state index contributed by atoms with van der Waals surface area (Å²) in [6.45, 7) is 0.249. The first-order valence-corrected chi connectivity index (χ1v) is 10.6. The topological polar surface area (TPSA) is 242 Å². The van der Waals surface area contributed by atoms with Gasteiger partial charge in [0.2, 0.25) is 0 Å². The predicted octanol–water partition coefficient (Wildman–Crippen LogP) is -6.39. The fraction of sp³-hybridized carbons (Fsp3) is 0.895. The Labute approximate surface area is 188 Å². The van der Waals surface area contributed by atoms with Crippen molar-refractivity contribution >= 4 is 0 Å². The molecular weight excluding hydrogens is 450 g/mol. The molecule has 11 N–H and O–H groups in total. The maximum atomic E-state index is 10.7. The maximum Gasteiger partial charge on any atom is 0.187 e. The van der Waals surface area contributed by atoms with Gasteiger partial charge >= 0.3 is 0 Å². The molecule has 0 aromatic heterocycles. The molecule has 14 atom stereocenters. The summed E-state index contributed by atoms with van der Waals surface area (Å²) in [4.78, 5) is 0. The second kappa shape index (κ2) is 10.8. The summed E-state index contributed by atoms with van der Waals surface area (Å²) in [6, 6.07) is -2.02. The van der Waals surface area contributed by atoms with Crippen molar-refractivity contribution in [2.24, 2.45) is 0 Å². The predicted molar refractivity (Wildman–Crippen MR) is 105 cm³/mol. The lowest BCUT2D eigenvalue weighted by atomic mass is 9.86. The lowest BCUT2D eigenvalue weighted by molar-refractivity contribution is -0.345. The molecular formula is C19H33NO13. The van der Waals surface area contributed by atoms with Gasteiger partial charge in [-0.15, -0.1) is 0 Å². The molecule has 0 spiro atoms. The highest BCUT2D eigenvalue weighted by Crippen LogP contribution is 2.29. The third-order valence-corrected chi connectivity index (χ3v) is 6.36. The SMILES string of the molecule is CC1O[C@H](O[C@@H]2C(CO)OC(O)C(O)[C@@H]2O)C(O)[C@H](O)[C@@H]1N[C@H]1C=C(CO)[C@@H](O)[C@@H](O)C1O. The largest absolute Gasteiger partial charge is 0.394 e. The number of aliphatic hydroxyl groups is 10. The van der Waals surface area contributed by atoms with E-state index in [0.717, 1.165) is 0 Å². The van der Waals surface area contributed by atoms with E-state index in [4.69, 9.17) is 14.2 Å². The highest BCUT2D eigenvalue weighted by molar-refractivity contribution is 5.22. The smallest absolute Gasteiger partial charge is 0.187 e. The minimum absolute atomic E-state index is 0.0630. The van der Waals surface area contributed by atoms with Gasteiger partial charge in [0, 0.05) is 0 Å². The second-order valence-electron chi connectivity index (χ2n) is 8.56. The molecule has 0 aromatic carbocycles. The summed E-state index contributed by atoms with van der Waals surface area (Å²) in [5.41, 5.74) is 0.0630. The van der Waals surface area contributed by atoms with E-state index in [2.05, 4.69) is 5.32 Å². The van der Waals surface area contributed by atoms with Crippen LogP contribution in [0.15, 0.2) is 11.6 Å². The van der Waals surface area contributed by atoms with Crippen LogP contribution in [0.25, 0.3) is 0 Å². The Morgan fingerprint density at radius 1 is 0.848 bits per heavy atom. The van der Waals surface area contributed by atoms with Crippen LogP contribution in [0.1, 0.15) is 6.92 Å². The summed E-state index contributed by atoms with van der Waals surface area (Å²) in [5.74, 6) is 0. The van der Waals surface area contributed by atoms with Gasteiger partial charge < -0.3 is 70.6 Å². The van der Waals surface area contributed by atoms with Gasteiger partial charge in [-0.2, -0.15) is 0 Å². The summed E-state index contributed by atoms with van der Waals surface area (Å²) in [5, 5.41) is 103. The number of aliphatic hydroxyl groups excluding tert-OH is 10. The Morgan fingerprint density at radius 3 is 2.12 bits per heavy atom. The van der Waals surface area contributed by atoms with Gasteiger partial charge in [0.25, 0.3) is 0 Å². The molecule has 0 aromatic rings. The Bertz CT molecular complexity index is 680. The van der Waals surface area contributed by atoms with Crippen LogP contribution in [0.2, 0.25) is 0 Å². The van der Waals surface area contributed by atoms with Crippen molar-refractivity contribution in [3.05, 3.63) is 11.6 Å². The third kappa shape index (κ3) is 5.24. The number of hydrogen-bond donors (Lipinski definition) is 11. The first-order chi connectivity index (χ1) is 15.5. The molecule has 14 heteroatoms. The molecule has 2 fully saturated rings. The van der Waals surface area contributed by atoms with E-state index in [-0.39, 0.29) is 5.57 Å². The molecule has 3 rings (SSSR count). The number of hydrogen-bond acceptors (Lipinski definition) is 14. The molecule has 2 aliphatic heterocycles. The lowest BCUT2D eigenvalue weighted by Crippen LogP contribution is -2.68. The van der Waals surface area contributed by atoms with Gasteiger partial charge in [-0.3, -0.25) is 0 Å². The number of rotatable bonds is 6. The van der Waals surface area contributed by atoms with Crippen molar-refractivity contribution in [1.29, 1.82) is 0 Å². The zero-order chi connectivity index (χ0) is 24.6. The standard InChI is InChI=1S/C19H33NO13/c1-5-9(20-7-2-6(3-21)10(23)13(26)11(7)24)12(25)16(29)19(31-5)33-17-8(4-22)32-18(30)15(28)14(17)27/h2,5,7-30H,3-4H2,1H3/t5?,7-,8?,9+,10+,11?,12+,13+,14-,15?,16?,17+,18?,19+/m0/s1. The van der Waals surface area contributed by atoms with Gasteiger partial charge in [0.15, 0.2) is 12.6 Å². The molecule has 0 amide bonds. The van der Waals surface area contributed by atoms with Crippen LogP contribution >= 0.6 is 0 Å². The van der Waals surface area contributed by atoms with Crippen molar-refractivity contribution in [2.75, 3.05) is 13.2 Å². The van der Waals surface area contributed by atoms with Crippen LogP contribution in [0.3, 0.4) is 0 Å². The average molecular weight is 483 g/mol. The Kier molecular flexibility index (Phi) is 8.80. The van der Waals surface area contributed by atoms with Gasteiger partial charge in [-0.1, -0.05) is 6.08 Å². The molecule has 0 saturated carbocycles. The minimum atomic E-state index is -1.76. The van der Waals surface area contributed by atoms with E-state index in [0.29, 0.717) is 0 Å². The van der Waals surface area contributed by atoms with Gasteiger partial charge in [0.05, 0.1) is 31.4 Å². The Morgan fingerprint density at radius 2 is 1.52 bits per heavy atom. The molecule has 14 nitrogen and oxygen atoms in total. The van der Waals surface area contributed by atoms with Gasteiger partial charge in [-0.25, -0.2) is 0 Å². The van der Waals surface area contributed by atoms with Crippen molar-refractivity contribution in [1.82, 2.24) is 5.32 Å². The monoisotopic (exact) mass is 483 g/mol. The quantitative estimate of drug-likeness (QED) is 0.157. The zero-order valence-electron chi connectivity index (χ0n) is 17.8. The van der Waals surface area contributed by atoms with Crippen LogP contribution < -0.4 is 5.32 Å². The summed E-state index contributed by atoms with van der Waals surface area (Å²) < 4.78 is 16.1. The highest BCUT2D eigenvalue weighted by Gasteiger charge is 2.50. The molecule has 3 aliphatic rings. The maximum absolute atomic E-state index is 10.7. The van der Waals surface area contributed by atoms with Crippen molar-refractivity contribution < 1.29 is 65.3 Å². The molecule has 0 radical (unpaired) electrons. The number of nitrogens with one attached hydrogen (secondary N) is 1. The van der Waals surface area contributed by atoms with Crippen LogP contribution in [0.4, 0.5) is 0 Å². The lowest BCUT2D eigenvalue weighted by Gasteiger charge is -2.47. The van der Waals surface area contributed by atoms with E-state index in [9.17, 15) is 51.1 Å². The summed E-state index contributed by atoms with van der Waals surface area (Å²) >= 11 is 0. The molecule has 33 heavy (non-hydrogen) atoms. The fourth-order valence-corrected chi connectivity index (χ4v) is 4.33. The van der Waals surface area contributed by atoms with Crippen LogP contribution in [-0.2, 0) is 14.2 Å². The van der Waals surface area contributed by atoms with Crippen LogP contribution in [0, 0.1) is 0 Å². The normalized spacial score (nSPS) is 51.3. The first-order valence-electron chi connectivity index (χ1n) is 10.6. The van der Waals surface area contributed by atoms with E-state index in [1.54, 1.807) is 0 Å². The van der Waals surface area contributed by atoms with E-state index in [1.807, 2.05) is 0 Å². The van der Waals surface area contributed by atoms with Crippen LogP contribution in [0.5, 0.6) is 0 Å². The van der Waals surface area contributed by atoms with Gasteiger partial charge in [0.1, 0.15) is 54.9 Å². The highest BCUT2D eigenvalue weighted by atomic mass is 16.7. The zero-order valence-corrected chi connectivity index (χ0v) is 17.8. The summed E-state index contributed by atoms with van der Waals surface area (Å²) in [6.07, 6.45) is -16.8. The fourth-order valence-electron chi connectivity index (χ4n) is 4.33. The second-order valence-corrected chi connectivity index (χ2v) is 8.56. The molecule has 6 unspecified atom stereocenters. The van der Waals surface area contributed by atoms with E-state index < -0.39 is 98.9 Å². The van der Waals surface area contributed by atoms with E-state index >= 15 is 0 Å². The Hall–Kier alpha value is -0.820. The van der Waals surface area contributed by atoms with Crippen molar-refractivity contribution in [3.63, 3.8) is 0 Å². The third-order valence-electron chi connectivity index (χ3n) is 6.36. The average Bonchev–Trinajstić information content (AvgIpc) is 2.79. The summed E-state index contributed by atoms with van der Waals surface area (Å²) in [7, 11) is 0. The molecule has 2 saturated heterocycles. The molecule has 192 valence electrons. The first kappa shape index (κ1) is 26.8. The molecule has 0 bridgehead atoms. The van der Waals surface area contributed by atoms with Crippen molar-refractivity contribution in [2.45, 2.75) is 92.6 Å². The van der Waals surface area contributed by atoms with Gasteiger partial charge in [-0.05, 0) is 12.5 Å². The molecule has 2 heterocycles.